The molecule has 0 amide bonds. The van der Waals surface area contributed by atoms with Gasteiger partial charge in [0, 0.05) is 24.2 Å². The van der Waals surface area contributed by atoms with Gasteiger partial charge in [-0.1, -0.05) is 19.1 Å². The first-order chi connectivity index (χ1) is 9.76. The molecule has 0 aromatic heterocycles. The normalized spacial score (nSPS) is 24.3. The fraction of sp³-hybridized carbons (Fsp3) is 0.571. The van der Waals surface area contributed by atoms with E-state index in [1.807, 2.05) is 13.8 Å². The van der Waals surface area contributed by atoms with Crippen LogP contribution in [0.3, 0.4) is 0 Å². The number of benzene rings is 1. The van der Waals surface area contributed by atoms with Crippen molar-refractivity contribution in [3.8, 4) is 0 Å². The molecule has 0 bridgehead atoms. The second-order valence-corrected chi connectivity index (χ2v) is 7.96. The lowest BCUT2D eigenvalue weighted by Gasteiger charge is -2.36. The summed E-state index contributed by atoms with van der Waals surface area (Å²) in [6, 6.07) is 6.43. The molecule has 0 aliphatic carbocycles. The maximum atomic E-state index is 11.7. The predicted octanol–water partition coefficient (Wildman–Crippen LogP) is 1.99. The summed E-state index contributed by atoms with van der Waals surface area (Å²) in [6.07, 6.45) is 0.635. The van der Waals surface area contributed by atoms with E-state index in [0.717, 1.165) is 12.1 Å². The molecule has 0 N–H and O–H groups in total. The van der Waals surface area contributed by atoms with Gasteiger partial charge in [-0.25, -0.2) is 8.42 Å². The highest BCUT2D eigenvalue weighted by atomic mass is 32.2. The molecule has 2 rings (SSSR count). The second-order valence-electron chi connectivity index (χ2n) is 5.78. The van der Waals surface area contributed by atoms with Crippen molar-refractivity contribution in [1.29, 1.82) is 0 Å². The summed E-state index contributed by atoms with van der Waals surface area (Å²) in [6.45, 7) is 5.32. The van der Waals surface area contributed by atoms with Crippen LogP contribution in [-0.2, 0) is 16.4 Å². The third kappa shape index (κ3) is 3.59. The monoisotopic (exact) mass is 312 g/mol. The minimum Gasteiger partial charge on any atom is -0.293 e. The van der Waals surface area contributed by atoms with Gasteiger partial charge in [0.15, 0.2) is 9.84 Å². The number of nitrogens with zero attached hydrogens (tertiary/aromatic N) is 2. The Morgan fingerprint density at radius 1 is 1.33 bits per heavy atom. The smallest absolute Gasteiger partial charge is 0.269 e. The van der Waals surface area contributed by atoms with Crippen LogP contribution in [0.15, 0.2) is 24.3 Å². The van der Waals surface area contributed by atoms with Gasteiger partial charge in [0.1, 0.15) is 0 Å². The highest BCUT2D eigenvalue weighted by Gasteiger charge is 2.42. The summed E-state index contributed by atoms with van der Waals surface area (Å²) < 4.78 is 23.5. The Balaban J connectivity index is 2.14. The topological polar surface area (TPSA) is 80.5 Å². The van der Waals surface area contributed by atoms with Gasteiger partial charge >= 0.3 is 0 Å². The first-order valence-electron chi connectivity index (χ1n) is 6.94. The van der Waals surface area contributed by atoms with Crippen LogP contribution in [0.5, 0.6) is 0 Å². The van der Waals surface area contributed by atoms with Gasteiger partial charge in [0.2, 0.25) is 0 Å². The minimum absolute atomic E-state index is 0.0662. The summed E-state index contributed by atoms with van der Waals surface area (Å²) in [5.41, 5.74) is 0.666. The number of nitro groups is 1. The quantitative estimate of drug-likeness (QED) is 0.613. The highest BCUT2D eigenvalue weighted by molar-refractivity contribution is 7.91. The van der Waals surface area contributed by atoms with E-state index in [1.165, 1.54) is 12.1 Å². The summed E-state index contributed by atoms with van der Waals surface area (Å²) in [4.78, 5) is 12.4. The van der Waals surface area contributed by atoms with Crippen molar-refractivity contribution in [2.75, 3.05) is 18.1 Å². The van der Waals surface area contributed by atoms with Crippen molar-refractivity contribution in [2.45, 2.75) is 32.4 Å². The van der Waals surface area contributed by atoms with Crippen LogP contribution in [-0.4, -0.2) is 41.8 Å². The molecule has 6 nitrogen and oxygen atoms in total. The third-order valence-corrected chi connectivity index (χ3v) is 6.04. The van der Waals surface area contributed by atoms with Crippen LogP contribution in [0, 0.1) is 10.1 Å². The van der Waals surface area contributed by atoms with E-state index < -0.39 is 14.8 Å². The molecule has 0 saturated carbocycles. The van der Waals surface area contributed by atoms with Gasteiger partial charge in [-0.2, -0.15) is 0 Å². The number of rotatable bonds is 5. The zero-order valence-electron chi connectivity index (χ0n) is 12.3. The molecular weight excluding hydrogens is 292 g/mol. The maximum absolute atomic E-state index is 11.7. The molecule has 0 spiro atoms. The number of non-ortho nitro benzene ring substituents is 1. The molecule has 1 aromatic rings. The first kappa shape index (κ1) is 15.9. The van der Waals surface area contributed by atoms with Gasteiger partial charge in [-0.15, -0.1) is 0 Å². The fourth-order valence-electron chi connectivity index (χ4n) is 2.87. The van der Waals surface area contributed by atoms with E-state index in [9.17, 15) is 18.5 Å². The minimum atomic E-state index is -2.95. The van der Waals surface area contributed by atoms with E-state index in [0.29, 0.717) is 13.0 Å². The Bertz CT molecular complexity index is 627. The van der Waals surface area contributed by atoms with Crippen molar-refractivity contribution in [2.24, 2.45) is 0 Å². The zero-order chi connectivity index (χ0) is 15.7. The summed E-state index contributed by atoms with van der Waals surface area (Å²) >= 11 is 0. The van der Waals surface area contributed by atoms with Gasteiger partial charge in [-0.3, -0.25) is 15.0 Å². The average Bonchev–Trinajstić information content (AvgIpc) is 2.71. The average molecular weight is 312 g/mol. The number of sulfone groups is 1. The van der Waals surface area contributed by atoms with Crippen LogP contribution in [0.25, 0.3) is 0 Å². The van der Waals surface area contributed by atoms with E-state index in [-0.39, 0.29) is 22.7 Å². The van der Waals surface area contributed by atoms with Crippen molar-refractivity contribution < 1.29 is 13.3 Å². The predicted molar refractivity (Wildman–Crippen MR) is 80.9 cm³/mol. The van der Waals surface area contributed by atoms with Crippen molar-refractivity contribution in [3.05, 3.63) is 39.9 Å². The van der Waals surface area contributed by atoms with E-state index >= 15 is 0 Å². The Morgan fingerprint density at radius 3 is 2.38 bits per heavy atom. The van der Waals surface area contributed by atoms with Gasteiger partial charge in [0.25, 0.3) is 5.69 Å². The first-order valence-corrected chi connectivity index (χ1v) is 8.77. The molecule has 1 heterocycles. The number of hydrogen-bond acceptors (Lipinski definition) is 5. The van der Waals surface area contributed by atoms with Crippen LogP contribution >= 0.6 is 0 Å². The second kappa shape index (κ2) is 5.73. The SMILES string of the molecule is CCN(Cc1ccc([N+](=O)[O-])cc1)[C@]1(C)CCS(=O)(=O)C1. The largest absolute Gasteiger partial charge is 0.293 e. The van der Waals surface area contributed by atoms with E-state index in [2.05, 4.69) is 4.90 Å². The molecule has 1 atom stereocenters. The zero-order valence-corrected chi connectivity index (χ0v) is 13.1. The van der Waals surface area contributed by atoms with Gasteiger partial charge < -0.3 is 0 Å². The van der Waals surface area contributed by atoms with E-state index in [1.54, 1.807) is 12.1 Å². The van der Waals surface area contributed by atoms with Gasteiger partial charge in [0.05, 0.1) is 16.4 Å². The number of hydrogen-bond donors (Lipinski definition) is 0. The van der Waals surface area contributed by atoms with Crippen molar-refractivity contribution in [3.63, 3.8) is 0 Å². The Morgan fingerprint density at radius 2 is 1.95 bits per heavy atom. The molecule has 7 heteroatoms. The van der Waals surface area contributed by atoms with Crippen LogP contribution in [0.4, 0.5) is 5.69 Å². The molecule has 1 aliphatic rings. The van der Waals surface area contributed by atoms with Gasteiger partial charge in [-0.05, 0) is 25.5 Å². The highest BCUT2D eigenvalue weighted by Crippen LogP contribution is 2.30. The molecule has 21 heavy (non-hydrogen) atoms. The Hall–Kier alpha value is -1.47. The summed E-state index contributed by atoms with van der Waals surface area (Å²) in [5, 5.41) is 10.7. The molecule has 1 aliphatic heterocycles. The van der Waals surface area contributed by atoms with Crippen molar-refractivity contribution in [1.82, 2.24) is 4.90 Å². The molecule has 1 saturated heterocycles. The molecular formula is C14H20N2O4S. The van der Waals surface area contributed by atoms with Crippen LogP contribution in [0.1, 0.15) is 25.8 Å². The lowest BCUT2D eigenvalue weighted by atomic mass is 9.98. The molecule has 0 unspecified atom stereocenters. The summed E-state index contributed by atoms with van der Waals surface area (Å²) in [7, 11) is -2.95. The fourth-order valence-corrected chi connectivity index (χ4v) is 5.04. The molecule has 0 radical (unpaired) electrons. The molecule has 1 aromatic carbocycles. The Labute approximate surface area is 124 Å². The Kier molecular flexibility index (Phi) is 4.34. The van der Waals surface area contributed by atoms with Crippen LogP contribution < -0.4 is 0 Å². The van der Waals surface area contributed by atoms with Crippen LogP contribution in [0.2, 0.25) is 0 Å². The third-order valence-electron chi connectivity index (χ3n) is 4.15. The standard InChI is InChI=1S/C14H20N2O4S/c1-3-15(14(2)8-9-21(19,20)11-14)10-12-4-6-13(7-5-12)16(17)18/h4-7H,3,8-11H2,1-2H3/t14-/m1/s1. The maximum Gasteiger partial charge on any atom is 0.269 e. The summed E-state index contributed by atoms with van der Waals surface area (Å²) in [5.74, 6) is 0.418. The molecule has 116 valence electrons. The number of nitro benzene ring substituents is 1. The van der Waals surface area contributed by atoms with E-state index in [4.69, 9.17) is 0 Å². The van der Waals surface area contributed by atoms with Crippen molar-refractivity contribution >= 4 is 15.5 Å². The lowest BCUT2D eigenvalue weighted by molar-refractivity contribution is -0.384. The lowest BCUT2D eigenvalue weighted by Crippen LogP contribution is -2.46. The molecule has 1 fully saturated rings.